The van der Waals surface area contributed by atoms with Crippen LogP contribution in [-0.4, -0.2) is 31.6 Å². The average molecular weight is 302 g/mol. The van der Waals surface area contributed by atoms with Crippen LogP contribution in [0.1, 0.15) is 65.7 Å². The van der Waals surface area contributed by atoms with E-state index in [1.807, 2.05) is 0 Å². The number of ether oxygens (including phenoxy) is 2. The summed E-state index contributed by atoms with van der Waals surface area (Å²) in [5.41, 5.74) is -0.414. The number of methoxy groups -OCH3 is 2. The Morgan fingerprint density at radius 1 is 1.14 bits per heavy atom. The van der Waals surface area contributed by atoms with E-state index in [1.54, 1.807) is 6.92 Å². The van der Waals surface area contributed by atoms with Crippen LogP contribution < -0.4 is 0 Å². The van der Waals surface area contributed by atoms with Crippen LogP contribution >= 0.6 is 0 Å². The molecule has 1 aliphatic heterocycles. The van der Waals surface area contributed by atoms with Gasteiger partial charge in [0.2, 0.25) is 5.79 Å². The number of esters is 1. The van der Waals surface area contributed by atoms with Gasteiger partial charge in [0.1, 0.15) is 11.5 Å². The Morgan fingerprint density at radius 2 is 1.71 bits per heavy atom. The number of hydrogen-bond donors (Lipinski definition) is 0. The van der Waals surface area contributed by atoms with Crippen LogP contribution in [0.3, 0.4) is 0 Å². The Bertz CT molecular complexity index is 323. The van der Waals surface area contributed by atoms with Crippen molar-refractivity contribution < 1.29 is 24.0 Å². The second-order valence-corrected chi connectivity index (χ2v) is 6.06. The molecule has 0 saturated carbocycles. The van der Waals surface area contributed by atoms with Crippen molar-refractivity contribution >= 4 is 5.97 Å². The third-order valence-electron chi connectivity index (χ3n) is 4.46. The van der Waals surface area contributed by atoms with Gasteiger partial charge in [-0.1, -0.05) is 39.5 Å². The van der Waals surface area contributed by atoms with Gasteiger partial charge < -0.3 is 9.47 Å². The number of unbranched alkanes of at least 4 members (excludes halogenated alkanes) is 2. The van der Waals surface area contributed by atoms with Gasteiger partial charge in [-0.2, -0.15) is 4.89 Å². The number of hydrogen-bond acceptors (Lipinski definition) is 5. The lowest BCUT2D eigenvalue weighted by Gasteiger charge is -2.46. The summed E-state index contributed by atoms with van der Waals surface area (Å²) in [6, 6.07) is 0. The normalized spacial score (nSPS) is 28.3. The lowest BCUT2D eigenvalue weighted by atomic mass is 9.79. The molecular formula is C16H30O5. The van der Waals surface area contributed by atoms with E-state index in [4.69, 9.17) is 19.2 Å². The van der Waals surface area contributed by atoms with Crippen molar-refractivity contribution in [3.8, 4) is 0 Å². The van der Waals surface area contributed by atoms with Crippen molar-refractivity contribution in [2.45, 2.75) is 77.1 Å². The van der Waals surface area contributed by atoms with Gasteiger partial charge in [0, 0.05) is 7.11 Å². The first kappa shape index (κ1) is 18.4. The number of carbonyl (C=O) groups is 1. The van der Waals surface area contributed by atoms with E-state index in [0.29, 0.717) is 6.42 Å². The summed E-state index contributed by atoms with van der Waals surface area (Å²) < 4.78 is 10.3. The van der Waals surface area contributed by atoms with Crippen molar-refractivity contribution in [2.75, 3.05) is 14.2 Å². The van der Waals surface area contributed by atoms with Crippen LogP contribution in [0.2, 0.25) is 0 Å². The monoisotopic (exact) mass is 302 g/mol. The smallest absolute Gasteiger partial charge is 0.314 e. The van der Waals surface area contributed by atoms with Crippen LogP contribution in [0.5, 0.6) is 0 Å². The molecule has 0 radical (unpaired) electrons. The summed E-state index contributed by atoms with van der Waals surface area (Å²) in [5.74, 6) is -1.87. The van der Waals surface area contributed by atoms with Crippen LogP contribution in [0.15, 0.2) is 0 Å². The van der Waals surface area contributed by atoms with Gasteiger partial charge in [-0.15, -0.1) is 0 Å². The molecule has 0 aromatic heterocycles. The Balaban J connectivity index is 2.93. The molecule has 0 aromatic rings. The standard InChI is InChI=1S/C16H30O5/c1-6-8-10-16(11-9-7-2)12-13(14(17)18-4)15(3,19-5)20-21-16/h13H,6-12H2,1-5H3/t13-,15-/m1/s1. The molecule has 1 aliphatic rings. The van der Waals surface area contributed by atoms with Gasteiger partial charge in [-0.25, -0.2) is 4.89 Å². The average Bonchev–Trinajstić information content (AvgIpc) is 2.52. The highest BCUT2D eigenvalue weighted by Crippen LogP contribution is 2.44. The van der Waals surface area contributed by atoms with Gasteiger partial charge in [0.05, 0.1) is 7.11 Å². The summed E-state index contributed by atoms with van der Waals surface area (Å²) in [6.45, 7) is 6.01. The molecule has 124 valence electrons. The quantitative estimate of drug-likeness (QED) is 0.506. The summed E-state index contributed by atoms with van der Waals surface area (Å²) in [5, 5.41) is 0. The SMILES string of the molecule is CCCCC1(CCCC)C[C@H](C(=O)OC)[C@](C)(OC)OO1. The molecule has 1 rings (SSSR count). The summed E-state index contributed by atoms with van der Waals surface area (Å²) in [7, 11) is 2.91. The second kappa shape index (κ2) is 8.11. The molecule has 0 N–H and O–H groups in total. The maximum absolute atomic E-state index is 12.1. The summed E-state index contributed by atoms with van der Waals surface area (Å²) in [4.78, 5) is 23.4. The second-order valence-electron chi connectivity index (χ2n) is 6.06. The highest BCUT2D eigenvalue weighted by Gasteiger charge is 2.53. The molecule has 1 heterocycles. The minimum absolute atomic E-state index is 0.306. The van der Waals surface area contributed by atoms with Crippen molar-refractivity contribution in [3.63, 3.8) is 0 Å². The fourth-order valence-electron chi connectivity index (χ4n) is 2.85. The molecule has 0 bridgehead atoms. The van der Waals surface area contributed by atoms with E-state index in [0.717, 1.165) is 38.5 Å². The van der Waals surface area contributed by atoms with Crippen LogP contribution in [0, 0.1) is 5.92 Å². The van der Waals surface area contributed by atoms with Crippen LogP contribution in [0.25, 0.3) is 0 Å². The van der Waals surface area contributed by atoms with E-state index < -0.39 is 17.3 Å². The predicted molar refractivity (Wildman–Crippen MR) is 79.5 cm³/mol. The van der Waals surface area contributed by atoms with E-state index in [1.165, 1.54) is 14.2 Å². The molecule has 1 fully saturated rings. The third-order valence-corrected chi connectivity index (χ3v) is 4.46. The summed E-state index contributed by atoms with van der Waals surface area (Å²) >= 11 is 0. The maximum Gasteiger partial charge on any atom is 0.314 e. The minimum Gasteiger partial charge on any atom is -0.469 e. The van der Waals surface area contributed by atoms with E-state index in [9.17, 15) is 4.79 Å². The lowest BCUT2D eigenvalue weighted by molar-refractivity contribution is -0.497. The van der Waals surface area contributed by atoms with E-state index in [2.05, 4.69) is 13.8 Å². The highest BCUT2D eigenvalue weighted by atomic mass is 17.2. The largest absolute Gasteiger partial charge is 0.469 e. The minimum atomic E-state index is -1.09. The number of rotatable bonds is 8. The van der Waals surface area contributed by atoms with E-state index >= 15 is 0 Å². The van der Waals surface area contributed by atoms with Gasteiger partial charge in [-0.05, 0) is 26.2 Å². The highest BCUT2D eigenvalue weighted by molar-refractivity contribution is 5.73. The van der Waals surface area contributed by atoms with Crippen molar-refractivity contribution in [3.05, 3.63) is 0 Å². The molecule has 0 aromatic carbocycles. The lowest BCUT2D eigenvalue weighted by Crippen LogP contribution is -2.55. The van der Waals surface area contributed by atoms with Crippen molar-refractivity contribution in [1.29, 1.82) is 0 Å². The number of carbonyl (C=O) groups excluding carboxylic acids is 1. The van der Waals surface area contributed by atoms with Gasteiger partial charge >= 0.3 is 5.97 Å². The first-order valence-electron chi connectivity index (χ1n) is 7.96. The molecule has 0 amide bonds. The molecular weight excluding hydrogens is 272 g/mol. The topological polar surface area (TPSA) is 54.0 Å². The third kappa shape index (κ3) is 4.41. The van der Waals surface area contributed by atoms with Crippen LogP contribution in [-0.2, 0) is 24.0 Å². The molecule has 5 nitrogen and oxygen atoms in total. The Kier molecular flexibility index (Phi) is 7.10. The summed E-state index contributed by atoms with van der Waals surface area (Å²) in [6.07, 6.45) is 6.61. The van der Waals surface area contributed by atoms with Gasteiger partial charge in [0.25, 0.3) is 0 Å². The zero-order valence-corrected chi connectivity index (χ0v) is 14.1. The zero-order chi connectivity index (χ0) is 15.9. The zero-order valence-electron chi connectivity index (χ0n) is 14.1. The van der Waals surface area contributed by atoms with Gasteiger partial charge in [0.15, 0.2) is 0 Å². The molecule has 5 heteroatoms. The molecule has 21 heavy (non-hydrogen) atoms. The fraction of sp³-hybridized carbons (Fsp3) is 0.938. The first-order chi connectivity index (χ1) is 9.97. The van der Waals surface area contributed by atoms with Gasteiger partial charge in [-0.3, -0.25) is 4.79 Å². The fourth-order valence-corrected chi connectivity index (χ4v) is 2.85. The van der Waals surface area contributed by atoms with Crippen molar-refractivity contribution in [1.82, 2.24) is 0 Å². The Hall–Kier alpha value is -0.650. The Labute approximate surface area is 128 Å². The Morgan fingerprint density at radius 3 is 2.14 bits per heavy atom. The maximum atomic E-state index is 12.1. The molecule has 0 aliphatic carbocycles. The molecule has 0 unspecified atom stereocenters. The predicted octanol–water partition coefficient (Wildman–Crippen LogP) is 3.61. The van der Waals surface area contributed by atoms with Crippen LogP contribution in [0.4, 0.5) is 0 Å². The molecule has 0 spiro atoms. The van der Waals surface area contributed by atoms with Crippen molar-refractivity contribution in [2.24, 2.45) is 5.92 Å². The van der Waals surface area contributed by atoms with E-state index in [-0.39, 0.29) is 5.97 Å². The molecule has 1 saturated heterocycles. The molecule has 2 atom stereocenters. The first-order valence-corrected chi connectivity index (χ1v) is 7.96.